The van der Waals surface area contributed by atoms with Gasteiger partial charge in [0.15, 0.2) is 5.16 Å². The first kappa shape index (κ1) is 21.6. The van der Waals surface area contributed by atoms with Crippen molar-refractivity contribution in [3.8, 4) is 0 Å². The predicted octanol–water partition coefficient (Wildman–Crippen LogP) is 4.97. The topological polar surface area (TPSA) is 64.0 Å². The van der Waals surface area contributed by atoms with E-state index in [4.69, 9.17) is 11.6 Å². The summed E-state index contributed by atoms with van der Waals surface area (Å²) >= 11 is 10.7. The molecule has 1 unspecified atom stereocenters. The molecular weight excluding hydrogens is 474 g/mol. The number of carbonyl (C=O) groups is 1. The molecule has 5 nitrogen and oxygen atoms in total. The summed E-state index contributed by atoms with van der Waals surface area (Å²) in [6.45, 7) is 5.94. The molecule has 1 amide bonds. The molecule has 0 spiro atoms. The highest BCUT2D eigenvalue weighted by atomic mass is 79.9. The molecule has 0 fully saturated rings. The van der Waals surface area contributed by atoms with Crippen LogP contribution < -0.4 is 10.9 Å². The summed E-state index contributed by atoms with van der Waals surface area (Å²) in [5.74, 6) is -0.00714. The van der Waals surface area contributed by atoms with Gasteiger partial charge in [0.2, 0.25) is 5.91 Å². The number of thioether (sulfide) groups is 1. The number of carbonyl (C=O) groups excluding carboxylic acids is 1. The monoisotopic (exact) mass is 491 g/mol. The van der Waals surface area contributed by atoms with Crippen molar-refractivity contribution in [1.29, 1.82) is 0 Å². The Morgan fingerprint density at radius 3 is 2.76 bits per heavy atom. The highest BCUT2D eigenvalue weighted by molar-refractivity contribution is 9.10. The third-order valence-corrected chi connectivity index (χ3v) is 6.01. The van der Waals surface area contributed by atoms with Crippen LogP contribution in [0.1, 0.15) is 18.5 Å². The van der Waals surface area contributed by atoms with Gasteiger partial charge in [-0.15, -0.1) is 6.58 Å². The van der Waals surface area contributed by atoms with E-state index in [0.717, 1.165) is 10.0 Å². The van der Waals surface area contributed by atoms with Crippen LogP contribution in [0.25, 0.3) is 10.9 Å². The van der Waals surface area contributed by atoms with Crippen LogP contribution in [0.5, 0.6) is 0 Å². The van der Waals surface area contributed by atoms with Crippen LogP contribution in [0.2, 0.25) is 5.02 Å². The molecular formula is C21H19BrClN3O2S. The predicted molar refractivity (Wildman–Crippen MR) is 123 cm³/mol. The molecule has 0 saturated carbocycles. The van der Waals surface area contributed by atoms with Gasteiger partial charge >= 0.3 is 0 Å². The summed E-state index contributed by atoms with van der Waals surface area (Å²) in [6.07, 6.45) is 1.63. The third-order valence-electron chi connectivity index (χ3n) is 4.27. The van der Waals surface area contributed by atoms with E-state index in [9.17, 15) is 9.59 Å². The average Bonchev–Trinajstić information content (AvgIpc) is 2.69. The zero-order chi connectivity index (χ0) is 21.0. The lowest BCUT2D eigenvalue weighted by Gasteiger charge is -2.15. The number of aromatic nitrogens is 2. The van der Waals surface area contributed by atoms with Crippen LogP contribution in [0.3, 0.4) is 0 Å². The van der Waals surface area contributed by atoms with Gasteiger partial charge in [-0.3, -0.25) is 14.2 Å². The molecule has 1 heterocycles. The molecule has 0 aliphatic carbocycles. The molecule has 0 bridgehead atoms. The number of halogens is 2. The third kappa shape index (κ3) is 5.29. The van der Waals surface area contributed by atoms with Gasteiger partial charge in [0.05, 0.1) is 22.7 Å². The summed E-state index contributed by atoms with van der Waals surface area (Å²) in [5, 5.41) is 4.40. The Balaban J connectivity index is 1.77. The van der Waals surface area contributed by atoms with Crippen molar-refractivity contribution >= 4 is 56.1 Å². The molecule has 0 saturated heterocycles. The molecule has 0 aliphatic rings. The summed E-state index contributed by atoms with van der Waals surface area (Å²) in [7, 11) is 0. The molecule has 0 aliphatic heterocycles. The van der Waals surface area contributed by atoms with Gasteiger partial charge in [-0.2, -0.15) is 0 Å². The van der Waals surface area contributed by atoms with Crippen molar-refractivity contribution in [2.24, 2.45) is 0 Å². The average molecular weight is 493 g/mol. The van der Waals surface area contributed by atoms with E-state index in [1.807, 2.05) is 31.2 Å². The maximum atomic E-state index is 12.8. The van der Waals surface area contributed by atoms with Crippen LogP contribution in [0.4, 0.5) is 0 Å². The fraction of sp³-hybridized carbons (Fsp3) is 0.190. The molecule has 29 heavy (non-hydrogen) atoms. The Morgan fingerprint density at radius 1 is 1.34 bits per heavy atom. The number of amides is 1. The van der Waals surface area contributed by atoms with Crippen LogP contribution in [0.15, 0.2) is 69.5 Å². The summed E-state index contributed by atoms with van der Waals surface area (Å²) in [5.41, 5.74) is 1.33. The van der Waals surface area contributed by atoms with Crippen LogP contribution in [0, 0.1) is 0 Å². The van der Waals surface area contributed by atoms with Gasteiger partial charge in [-0.1, -0.05) is 57.5 Å². The second kappa shape index (κ2) is 9.61. The lowest BCUT2D eigenvalue weighted by atomic mass is 10.1. The molecule has 1 atom stereocenters. The Labute approximate surface area is 186 Å². The van der Waals surface area contributed by atoms with Gasteiger partial charge in [-0.25, -0.2) is 4.98 Å². The molecule has 2 aromatic carbocycles. The van der Waals surface area contributed by atoms with Crippen molar-refractivity contribution in [2.45, 2.75) is 24.7 Å². The maximum Gasteiger partial charge on any atom is 0.262 e. The number of nitrogens with one attached hydrogen (secondary N) is 1. The van der Waals surface area contributed by atoms with E-state index in [2.05, 4.69) is 32.8 Å². The van der Waals surface area contributed by atoms with Gasteiger partial charge < -0.3 is 5.32 Å². The first-order valence-electron chi connectivity index (χ1n) is 8.87. The number of nitrogens with zero attached hydrogens (tertiary/aromatic N) is 2. The first-order chi connectivity index (χ1) is 13.9. The van der Waals surface area contributed by atoms with E-state index in [1.165, 1.54) is 16.3 Å². The van der Waals surface area contributed by atoms with Gasteiger partial charge in [0, 0.05) is 16.0 Å². The van der Waals surface area contributed by atoms with Gasteiger partial charge in [0.1, 0.15) is 0 Å². The Morgan fingerprint density at radius 2 is 2.07 bits per heavy atom. The van der Waals surface area contributed by atoms with Gasteiger partial charge in [-0.05, 0) is 42.8 Å². The van der Waals surface area contributed by atoms with Crippen molar-refractivity contribution < 1.29 is 4.79 Å². The normalized spacial score (nSPS) is 12.0. The zero-order valence-corrected chi connectivity index (χ0v) is 18.9. The number of rotatable bonds is 7. The Kier molecular flexibility index (Phi) is 7.16. The minimum atomic E-state index is -0.183. The molecule has 0 radical (unpaired) electrons. The van der Waals surface area contributed by atoms with Gasteiger partial charge in [0.25, 0.3) is 5.56 Å². The second-order valence-electron chi connectivity index (χ2n) is 6.39. The van der Waals surface area contributed by atoms with Crippen LogP contribution in [-0.4, -0.2) is 21.2 Å². The first-order valence-corrected chi connectivity index (χ1v) is 11.0. The number of hydrogen-bond acceptors (Lipinski definition) is 4. The van der Waals surface area contributed by atoms with Crippen LogP contribution >= 0.6 is 39.3 Å². The second-order valence-corrected chi connectivity index (χ2v) is 8.68. The standard InChI is InChI=1S/C21H19BrClN3O2S/c1-3-10-26-20(28)17-9-8-16(23)11-18(17)25-21(26)29-12-19(27)24-13(2)14-4-6-15(22)7-5-14/h3-9,11,13H,1,10,12H2,2H3,(H,24,27). The van der Waals surface area contributed by atoms with Crippen molar-refractivity contribution in [3.63, 3.8) is 0 Å². The smallest absolute Gasteiger partial charge is 0.262 e. The number of benzene rings is 2. The lowest BCUT2D eigenvalue weighted by molar-refractivity contribution is -0.119. The fourth-order valence-electron chi connectivity index (χ4n) is 2.82. The Hall–Kier alpha value is -2.09. The number of allylic oxidation sites excluding steroid dienone is 1. The molecule has 3 rings (SSSR count). The number of fused-ring (bicyclic) bond motifs is 1. The van der Waals surface area contributed by atoms with E-state index >= 15 is 0 Å². The van der Waals surface area contributed by atoms with Crippen molar-refractivity contribution in [1.82, 2.24) is 14.9 Å². The quantitative estimate of drug-likeness (QED) is 0.287. The summed E-state index contributed by atoms with van der Waals surface area (Å²) in [6, 6.07) is 12.6. The summed E-state index contributed by atoms with van der Waals surface area (Å²) < 4.78 is 2.50. The highest BCUT2D eigenvalue weighted by Crippen LogP contribution is 2.21. The molecule has 1 aromatic heterocycles. The maximum absolute atomic E-state index is 12.8. The molecule has 150 valence electrons. The van der Waals surface area contributed by atoms with E-state index in [1.54, 1.807) is 24.3 Å². The molecule has 1 N–H and O–H groups in total. The minimum Gasteiger partial charge on any atom is -0.349 e. The number of hydrogen-bond donors (Lipinski definition) is 1. The Bertz CT molecular complexity index is 1120. The fourth-order valence-corrected chi connectivity index (χ4v) is 4.07. The molecule has 8 heteroatoms. The molecule has 3 aromatic rings. The van der Waals surface area contributed by atoms with E-state index in [-0.39, 0.29) is 23.3 Å². The van der Waals surface area contributed by atoms with Crippen LogP contribution in [-0.2, 0) is 11.3 Å². The van der Waals surface area contributed by atoms with E-state index in [0.29, 0.717) is 27.6 Å². The highest BCUT2D eigenvalue weighted by Gasteiger charge is 2.14. The van der Waals surface area contributed by atoms with Crippen molar-refractivity contribution in [2.75, 3.05) is 5.75 Å². The lowest BCUT2D eigenvalue weighted by Crippen LogP contribution is -2.29. The zero-order valence-electron chi connectivity index (χ0n) is 15.7. The van der Waals surface area contributed by atoms with Crippen molar-refractivity contribution in [3.05, 3.63) is 80.5 Å². The summed E-state index contributed by atoms with van der Waals surface area (Å²) in [4.78, 5) is 29.8. The largest absolute Gasteiger partial charge is 0.349 e. The minimum absolute atomic E-state index is 0.130. The SMILES string of the molecule is C=CCn1c(SCC(=O)NC(C)c2ccc(Br)cc2)nc2cc(Cl)ccc2c1=O. The van der Waals surface area contributed by atoms with E-state index < -0.39 is 0 Å².